The van der Waals surface area contributed by atoms with Gasteiger partial charge in [0.25, 0.3) is 0 Å². The number of carbonyl (C=O) groups excluding carboxylic acids is 1. The van der Waals surface area contributed by atoms with E-state index in [9.17, 15) is 4.79 Å². The zero-order chi connectivity index (χ0) is 12.1. The number of carbonyl (C=O) groups is 1. The van der Waals surface area contributed by atoms with Crippen molar-refractivity contribution in [3.8, 4) is 0 Å². The van der Waals surface area contributed by atoms with Gasteiger partial charge in [0.2, 0.25) is 5.91 Å². The fraction of sp³-hybridized carbons (Fsp3) is 0.167. The molecule has 0 bridgehead atoms. The van der Waals surface area contributed by atoms with Crippen LogP contribution in [0.5, 0.6) is 0 Å². The van der Waals surface area contributed by atoms with Gasteiger partial charge in [-0.2, -0.15) is 0 Å². The third-order valence-corrected chi connectivity index (χ3v) is 2.35. The van der Waals surface area contributed by atoms with Gasteiger partial charge in [-0.05, 0) is 17.7 Å². The van der Waals surface area contributed by atoms with E-state index < -0.39 is 0 Å². The van der Waals surface area contributed by atoms with Gasteiger partial charge >= 0.3 is 0 Å². The van der Waals surface area contributed by atoms with Crippen molar-refractivity contribution in [2.24, 2.45) is 0 Å². The summed E-state index contributed by atoms with van der Waals surface area (Å²) in [6.07, 6.45) is 3.60. The highest BCUT2D eigenvalue weighted by atomic mass is 16.1. The third kappa shape index (κ3) is 3.34. The van der Waals surface area contributed by atoms with Crippen molar-refractivity contribution in [3.05, 3.63) is 48.0 Å². The number of aromatic nitrogens is 2. The summed E-state index contributed by atoms with van der Waals surface area (Å²) >= 11 is 0. The van der Waals surface area contributed by atoms with Crippen LogP contribution in [0, 0.1) is 0 Å². The number of nitrogens with zero attached hydrogens (tertiary/aromatic N) is 1. The van der Waals surface area contributed by atoms with Crippen molar-refractivity contribution >= 4 is 11.6 Å². The molecule has 2 aromatic rings. The highest BCUT2D eigenvalue weighted by molar-refractivity contribution is 5.78. The molecule has 17 heavy (non-hydrogen) atoms. The summed E-state index contributed by atoms with van der Waals surface area (Å²) in [5, 5.41) is 2.80. The zero-order valence-electron chi connectivity index (χ0n) is 9.31. The number of nitrogen functional groups attached to an aromatic ring is 1. The second-order valence-electron chi connectivity index (χ2n) is 3.78. The third-order valence-electron chi connectivity index (χ3n) is 2.35. The second-order valence-corrected chi connectivity index (χ2v) is 3.78. The zero-order valence-corrected chi connectivity index (χ0v) is 9.31. The molecule has 2 rings (SSSR count). The molecule has 1 aromatic carbocycles. The molecule has 0 aliphatic heterocycles. The van der Waals surface area contributed by atoms with Crippen LogP contribution >= 0.6 is 0 Å². The first-order chi connectivity index (χ1) is 8.24. The van der Waals surface area contributed by atoms with E-state index in [-0.39, 0.29) is 5.91 Å². The smallest absolute Gasteiger partial charge is 0.224 e. The van der Waals surface area contributed by atoms with E-state index in [0.29, 0.717) is 18.7 Å². The molecule has 0 saturated heterocycles. The van der Waals surface area contributed by atoms with Crippen LogP contribution in [-0.2, 0) is 17.8 Å². The average Bonchev–Trinajstić information content (AvgIpc) is 2.79. The second kappa shape index (κ2) is 5.16. The van der Waals surface area contributed by atoms with Gasteiger partial charge in [-0.25, -0.2) is 4.98 Å². The molecule has 0 unspecified atom stereocenters. The summed E-state index contributed by atoms with van der Waals surface area (Å²) in [6.45, 7) is 0.459. The first-order valence-corrected chi connectivity index (χ1v) is 5.32. The Labute approximate surface area is 99.1 Å². The molecule has 0 aliphatic rings. The van der Waals surface area contributed by atoms with E-state index in [1.807, 2.05) is 12.1 Å². The van der Waals surface area contributed by atoms with Gasteiger partial charge in [-0.3, -0.25) is 4.79 Å². The summed E-state index contributed by atoms with van der Waals surface area (Å²) < 4.78 is 0. The molecule has 0 spiro atoms. The number of anilines is 1. The lowest BCUT2D eigenvalue weighted by molar-refractivity contribution is -0.120. The molecule has 5 nitrogen and oxygen atoms in total. The lowest BCUT2D eigenvalue weighted by Crippen LogP contribution is -2.24. The molecule has 1 heterocycles. The summed E-state index contributed by atoms with van der Waals surface area (Å²) in [7, 11) is 0. The van der Waals surface area contributed by atoms with Gasteiger partial charge in [0.05, 0.1) is 25.0 Å². The molecule has 4 N–H and O–H groups in total. The molecule has 0 atom stereocenters. The number of nitrogens with two attached hydrogens (primary N) is 1. The van der Waals surface area contributed by atoms with E-state index in [1.165, 1.54) is 0 Å². The SMILES string of the molecule is Nc1cccc(CC(=O)NCc2cnc[nH]2)c1. The van der Waals surface area contributed by atoms with Crippen LogP contribution in [0.1, 0.15) is 11.3 Å². The Bertz CT molecular complexity index is 493. The Morgan fingerprint density at radius 2 is 2.35 bits per heavy atom. The van der Waals surface area contributed by atoms with Crippen LogP contribution in [-0.4, -0.2) is 15.9 Å². The molecule has 0 saturated carbocycles. The first-order valence-electron chi connectivity index (χ1n) is 5.32. The van der Waals surface area contributed by atoms with Crippen LogP contribution in [0.2, 0.25) is 0 Å². The highest BCUT2D eigenvalue weighted by Crippen LogP contribution is 2.07. The van der Waals surface area contributed by atoms with Crippen molar-refractivity contribution < 1.29 is 4.79 Å². The van der Waals surface area contributed by atoms with E-state index >= 15 is 0 Å². The van der Waals surface area contributed by atoms with Crippen LogP contribution in [0.15, 0.2) is 36.8 Å². The Morgan fingerprint density at radius 1 is 1.47 bits per heavy atom. The van der Waals surface area contributed by atoms with Crippen LogP contribution < -0.4 is 11.1 Å². The summed E-state index contributed by atoms with van der Waals surface area (Å²) in [6, 6.07) is 7.32. The first kappa shape index (κ1) is 11.2. The van der Waals surface area contributed by atoms with Gasteiger partial charge in [0.1, 0.15) is 0 Å². The van der Waals surface area contributed by atoms with Gasteiger partial charge < -0.3 is 16.0 Å². The molecule has 5 heteroatoms. The number of H-pyrrole nitrogens is 1. The number of hydrogen-bond acceptors (Lipinski definition) is 3. The predicted molar refractivity (Wildman–Crippen MR) is 65.0 cm³/mol. The van der Waals surface area contributed by atoms with Gasteiger partial charge in [0, 0.05) is 11.9 Å². The standard InChI is InChI=1S/C12H14N4O/c13-10-3-1-2-9(4-10)5-12(17)15-7-11-6-14-8-16-11/h1-4,6,8H,5,7,13H2,(H,14,16)(H,15,17). The molecule has 1 amide bonds. The van der Waals surface area contributed by atoms with Gasteiger partial charge in [-0.1, -0.05) is 12.1 Å². The van der Waals surface area contributed by atoms with Gasteiger partial charge in [-0.15, -0.1) is 0 Å². The minimum Gasteiger partial charge on any atom is -0.399 e. The molecule has 0 radical (unpaired) electrons. The molecule has 88 valence electrons. The lowest BCUT2D eigenvalue weighted by Gasteiger charge is -2.04. The van der Waals surface area contributed by atoms with Crippen molar-refractivity contribution in [1.82, 2.24) is 15.3 Å². The van der Waals surface area contributed by atoms with Crippen LogP contribution in [0.25, 0.3) is 0 Å². The van der Waals surface area contributed by atoms with Crippen molar-refractivity contribution in [3.63, 3.8) is 0 Å². The number of aromatic amines is 1. The maximum atomic E-state index is 11.6. The molecular weight excluding hydrogens is 216 g/mol. The predicted octanol–water partition coefficient (Wildman–Crippen LogP) is 0.851. The Kier molecular flexibility index (Phi) is 3.40. The average molecular weight is 230 g/mol. The minimum absolute atomic E-state index is 0.0369. The van der Waals surface area contributed by atoms with E-state index in [4.69, 9.17) is 5.73 Å². The number of nitrogens with one attached hydrogen (secondary N) is 2. The lowest BCUT2D eigenvalue weighted by atomic mass is 10.1. The minimum atomic E-state index is -0.0369. The molecule has 0 aliphatic carbocycles. The quantitative estimate of drug-likeness (QED) is 0.681. The van der Waals surface area contributed by atoms with E-state index in [2.05, 4.69) is 15.3 Å². The fourth-order valence-corrected chi connectivity index (χ4v) is 1.53. The fourth-order valence-electron chi connectivity index (χ4n) is 1.53. The summed E-state index contributed by atoms with van der Waals surface area (Å²) in [4.78, 5) is 18.4. The summed E-state index contributed by atoms with van der Waals surface area (Å²) in [5.41, 5.74) is 8.10. The topological polar surface area (TPSA) is 83.8 Å². The number of benzene rings is 1. The molecule has 1 aromatic heterocycles. The van der Waals surface area contributed by atoms with Gasteiger partial charge in [0.15, 0.2) is 0 Å². The molecular formula is C12H14N4O. The number of amides is 1. The van der Waals surface area contributed by atoms with E-state index in [1.54, 1.807) is 24.7 Å². The van der Waals surface area contributed by atoms with E-state index in [0.717, 1.165) is 11.3 Å². The Balaban J connectivity index is 1.85. The maximum absolute atomic E-state index is 11.6. The highest BCUT2D eigenvalue weighted by Gasteiger charge is 2.03. The normalized spacial score (nSPS) is 10.1. The number of hydrogen-bond donors (Lipinski definition) is 3. The Hall–Kier alpha value is -2.30. The van der Waals surface area contributed by atoms with Crippen molar-refractivity contribution in [2.45, 2.75) is 13.0 Å². The monoisotopic (exact) mass is 230 g/mol. The van der Waals surface area contributed by atoms with Crippen molar-refractivity contribution in [2.75, 3.05) is 5.73 Å². The largest absolute Gasteiger partial charge is 0.399 e. The van der Waals surface area contributed by atoms with Crippen molar-refractivity contribution in [1.29, 1.82) is 0 Å². The van der Waals surface area contributed by atoms with Crippen LogP contribution in [0.3, 0.4) is 0 Å². The number of rotatable bonds is 4. The van der Waals surface area contributed by atoms with Crippen LogP contribution in [0.4, 0.5) is 5.69 Å². The maximum Gasteiger partial charge on any atom is 0.224 e. The summed E-state index contributed by atoms with van der Waals surface area (Å²) in [5.74, 6) is -0.0369. The number of imidazole rings is 1. The Morgan fingerprint density at radius 3 is 3.06 bits per heavy atom. The molecule has 0 fully saturated rings.